The van der Waals surface area contributed by atoms with Crippen LogP contribution in [0.15, 0.2) is 30.3 Å². The van der Waals surface area contributed by atoms with Crippen molar-refractivity contribution >= 4 is 40.7 Å². The van der Waals surface area contributed by atoms with Crippen molar-refractivity contribution in [2.75, 3.05) is 5.32 Å². The maximum absolute atomic E-state index is 11.6. The standard InChI is InChI=1S/C14H18N4O3S/c1-2-11(19)16-14(22)18-17-13(21)9-8-12(20)15-10-6-4-3-5-7-10/h3-7H,2,8-9H2,1H3,(H,15,20)(H,17,21)(H2,16,18,19,22). The van der Waals surface area contributed by atoms with E-state index in [0.717, 1.165) is 0 Å². The van der Waals surface area contributed by atoms with Gasteiger partial charge in [0, 0.05) is 24.9 Å². The Morgan fingerprint density at radius 1 is 0.955 bits per heavy atom. The van der Waals surface area contributed by atoms with Gasteiger partial charge in [0.1, 0.15) is 0 Å². The number of amides is 3. The normalized spacial score (nSPS) is 9.50. The van der Waals surface area contributed by atoms with Gasteiger partial charge in [0.2, 0.25) is 17.7 Å². The van der Waals surface area contributed by atoms with Crippen molar-refractivity contribution in [3.63, 3.8) is 0 Å². The molecule has 0 radical (unpaired) electrons. The zero-order valence-electron chi connectivity index (χ0n) is 12.1. The summed E-state index contributed by atoms with van der Waals surface area (Å²) in [6.45, 7) is 1.68. The average molecular weight is 322 g/mol. The molecular formula is C14H18N4O3S. The summed E-state index contributed by atoms with van der Waals surface area (Å²) in [5, 5.41) is 5.05. The van der Waals surface area contributed by atoms with Crippen molar-refractivity contribution in [2.24, 2.45) is 0 Å². The highest BCUT2D eigenvalue weighted by Crippen LogP contribution is 2.05. The van der Waals surface area contributed by atoms with Gasteiger partial charge in [0.15, 0.2) is 5.11 Å². The van der Waals surface area contributed by atoms with Gasteiger partial charge in [-0.2, -0.15) is 0 Å². The molecule has 0 spiro atoms. The summed E-state index contributed by atoms with van der Waals surface area (Å²) in [6.07, 6.45) is 0.321. The Morgan fingerprint density at radius 3 is 2.23 bits per heavy atom. The Bertz CT molecular complexity index is 548. The number of anilines is 1. The summed E-state index contributed by atoms with van der Waals surface area (Å²) in [4.78, 5) is 34.2. The van der Waals surface area contributed by atoms with Crippen molar-refractivity contribution < 1.29 is 14.4 Å². The quantitative estimate of drug-likeness (QED) is 0.475. The smallest absolute Gasteiger partial charge is 0.238 e. The lowest BCUT2D eigenvalue weighted by Crippen LogP contribution is -2.48. The van der Waals surface area contributed by atoms with E-state index in [2.05, 4.69) is 21.5 Å². The second-order valence-corrected chi connectivity index (χ2v) is 4.73. The zero-order chi connectivity index (χ0) is 16.4. The maximum Gasteiger partial charge on any atom is 0.238 e. The lowest BCUT2D eigenvalue weighted by molar-refractivity contribution is -0.124. The molecular weight excluding hydrogens is 304 g/mol. The Morgan fingerprint density at radius 2 is 1.59 bits per heavy atom. The molecule has 0 fully saturated rings. The molecule has 1 rings (SSSR count). The SMILES string of the molecule is CCC(=O)NC(=S)NNC(=O)CCC(=O)Nc1ccccc1. The molecule has 0 heterocycles. The molecule has 0 saturated heterocycles. The van der Waals surface area contributed by atoms with Gasteiger partial charge in [-0.3, -0.25) is 25.2 Å². The molecule has 0 atom stereocenters. The Hall–Kier alpha value is -2.48. The van der Waals surface area contributed by atoms with Crippen LogP contribution in [0.2, 0.25) is 0 Å². The number of rotatable bonds is 5. The van der Waals surface area contributed by atoms with Crippen LogP contribution in [0.25, 0.3) is 0 Å². The Balaban J connectivity index is 2.21. The zero-order valence-corrected chi connectivity index (χ0v) is 13.0. The van der Waals surface area contributed by atoms with Crippen molar-refractivity contribution in [3.8, 4) is 0 Å². The molecule has 0 aliphatic heterocycles. The molecule has 8 heteroatoms. The highest BCUT2D eigenvalue weighted by Gasteiger charge is 2.08. The molecule has 1 aromatic rings. The van der Waals surface area contributed by atoms with E-state index in [0.29, 0.717) is 5.69 Å². The second kappa shape index (κ2) is 9.46. The minimum atomic E-state index is -0.406. The fraction of sp³-hybridized carbons (Fsp3) is 0.286. The van der Waals surface area contributed by atoms with Crippen molar-refractivity contribution in [1.29, 1.82) is 0 Å². The lowest BCUT2D eigenvalue weighted by Gasteiger charge is -2.10. The van der Waals surface area contributed by atoms with E-state index in [1.54, 1.807) is 31.2 Å². The predicted octanol–water partition coefficient (Wildman–Crippen LogP) is 0.837. The third kappa shape index (κ3) is 7.34. The molecule has 0 aromatic heterocycles. The minimum Gasteiger partial charge on any atom is -0.326 e. The molecule has 22 heavy (non-hydrogen) atoms. The Kier molecular flexibility index (Phi) is 7.55. The average Bonchev–Trinajstić information content (AvgIpc) is 2.51. The minimum absolute atomic E-state index is 0.00396. The first kappa shape index (κ1) is 17.6. The van der Waals surface area contributed by atoms with Crippen LogP contribution < -0.4 is 21.5 Å². The topological polar surface area (TPSA) is 99.3 Å². The molecule has 0 aliphatic carbocycles. The van der Waals surface area contributed by atoms with Crippen LogP contribution in [0.5, 0.6) is 0 Å². The van der Waals surface area contributed by atoms with Gasteiger partial charge in [-0.25, -0.2) is 0 Å². The molecule has 3 amide bonds. The van der Waals surface area contributed by atoms with E-state index in [1.165, 1.54) is 0 Å². The molecule has 4 N–H and O–H groups in total. The van der Waals surface area contributed by atoms with E-state index in [9.17, 15) is 14.4 Å². The summed E-state index contributed by atoms with van der Waals surface area (Å²) in [6, 6.07) is 8.97. The van der Waals surface area contributed by atoms with E-state index in [1.807, 2.05) is 6.07 Å². The van der Waals surface area contributed by atoms with E-state index in [4.69, 9.17) is 12.2 Å². The van der Waals surface area contributed by atoms with Crippen LogP contribution in [0.4, 0.5) is 5.69 Å². The summed E-state index contributed by atoms with van der Waals surface area (Å²) in [5.74, 6) is -0.923. The highest BCUT2D eigenvalue weighted by molar-refractivity contribution is 7.80. The molecule has 1 aromatic carbocycles. The van der Waals surface area contributed by atoms with Gasteiger partial charge in [0.25, 0.3) is 0 Å². The monoisotopic (exact) mass is 322 g/mol. The number of nitrogens with one attached hydrogen (secondary N) is 4. The first-order valence-electron chi connectivity index (χ1n) is 6.74. The number of hydrogen-bond donors (Lipinski definition) is 4. The summed E-state index contributed by atoms with van der Waals surface area (Å²) in [5.41, 5.74) is 5.37. The number of carbonyl (C=O) groups excluding carboxylic acids is 3. The van der Waals surface area contributed by atoms with Crippen molar-refractivity contribution in [3.05, 3.63) is 30.3 Å². The first-order valence-corrected chi connectivity index (χ1v) is 7.15. The predicted molar refractivity (Wildman–Crippen MR) is 86.6 cm³/mol. The van der Waals surface area contributed by atoms with Crippen molar-refractivity contribution in [1.82, 2.24) is 16.2 Å². The summed E-state index contributed by atoms with van der Waals surface area (Å²) >= 11 is 4.80. The molecule has 118 valence electrons. The number of thiocarbonyl (C=S) groups is 1. The number of para-hydroxylation sites is 1. The van der Waals surface area contributed by atoms with Crippen LogP contribution >= 0.6 is 12.2 Å². The molecule has 7 nitrogen and oxygen atoms in total. The fourth-order valence-electron chi connectivity index (χ4n) is 1.41. The number of benzene rings is 1. The van der Waals surface area contributed by atoms with Crippen LogP contribution in [0.1, 0.15) is 26.2 Å². The lowest BCUT2D eigenvalue weighted by atomic mass is 10.2. The van der Waals surface area contributed by atoms with Crippen LogP contribution in [0.3, 0.4) is 0 Å². The molecule has 0 unspecified atom stereocenters. The first-order chi connectivity index (χ1) is 10.5. The van der Waals surface area contributed by atoms with Crippen LogP contribution in [-0.2, 0) is 14.4 Å². The maximum atomic E-state index is 11.6. The fourth-order valence-corrected chi connectivity index (χ4v) is 1.57. The highest BCUT2D eigenvalue weighted by atomic mass is 32.1. The molecule has 0 aliphatic rings. The third-order valence-corrected chi connectivity index (χ3v) is 2.73. The summed E-state index contributed by atoms with van der Waals surface area (Å²) in [7, 11) is 0. The number of hydrogen-bond acceptors (Lipinski definition) is 4. The van der Waals surface area contributed by atoms with Gasteiger partial charge in [-0.1, -0.05) is 25.1 Å². The van der Waals surface area contributed by atoms with Gasteiger partial charge in [-0.15, -0.1) is 0 Å². The van der Waals surface area contributed by atoms with Gasteiger partial charge in [-0.05, 0) is 24.4 Å². The van der Waals surface area contributed by atoms with Crippen molar-refractivity contribution in [2.45, 2.75) is 26.2 Å². The van der Waals surface area contributed by atoms with E-state index in [-0.39, 0.29) is 36.2 Å². The Labute approximate surface area is 133 Å². The van der Waals surface area contributed by atoms with Gasteiger partial charge in [0.05, 0.1) is 0 Å². The number of hydrazine groups is 1. The van der Waals surface area contributed by atoms with E-state index >= 15 is 0 Å². The van der Waals surface area contributed by atoms with Gasteiger partial charge >= 0.3 is 0 Å². The number of carbonyl (C=O) groups is 3. The second-order valence-electron chi connectivity index (χ2n) is 4.32. The van der Waals surface area contributed by atoms with Crippen LogP contribution in [0, 0.1) is 0 Å². The summed E-state index contributed by atoms with van der Waals surface area (Å²) < 4.78 is 0. The molecule has 0 saturated carbocycles. The molecule has 0 bridgehead atoms. The van der Waals surface area contributed by atoms with E-state index < -0.39 is 5.91 Å². The third-order valence-electron chi connectivity index (χ3n) is 2.53. The largest absolute Gasteiger partial charge is 0.326 e. The van der Waals surface area contributed by atoms with Crippen LogP contribution in [-0.4, -0.2) is 22.8 Å². The van der Waals surface area contributed by atoms with Gasteiger partial charge < -0.3 is 10.6 Å².